The molecule has 0 saturated carbocycles. The Labute approximate surface area is 296 Å². The van der Waals surface area contributed by atoms with Gasteiger partial charge >= 0.3 is 17.9 Å². The van der Waals surface area contributed by atoms with Gasteiger partial charge in [-0.1, -0.05) is 61.6 Å². The molecule has 2 heterocycles. The minimum Gasteiger partial charge on any atom is -0.487 e. The van der Waals surface area contributed by atoms with Crippen LogP contribution >= 0.6 is 0 Å². The molecule has 2 aromatic rings. The van der Waals surface area contributed by atoms with E-state index in [2.05, 4.69) is 16.4 Å². The number of aromatic nitrogens is 3. The van der Waals surface area contributed by atoms with Crippen molar-refractivity contribution in [3.63, 3.8) is 0 Å². The lowest BCUT2D eigenvalue weighted by atomic mass is 9.97. The van der Waals surface area contributed by atoms with E-state index < -0.39 is 55.2 Å². The molecule has 3 rings (SSSR count). The summed E-state index contributed by atoms with van der Waals surface area (Å²) in [6.45, 7) is -0.514. The van der Waals surface area contributed by atoms with Crippen molar-refractivity contribution < 1.29 is 59.6 Å². The molecule has 0 unspecified atom stereocenters. The number of benzene rings is 1. The van der Waals surface area contributed by atoms with Crippen LogP contribution in [0.15, 0.2) is 48.2 Å². The predicted molar refractivity (Wildman–Crippen MR) is 183 cm³/mol. The van der Waals surface area contributed by atoms with Crippen LogP contribution < -0.4 is 4.74 Å². The summed E-state index contributed by atoms with van der Waals surface area (Å²) >= 11 is 0. The zero-order valence-corrected chi connectivity index (χ0v) is 28.8. The van der Waals surface area contributed by atoms with Crippen molar-refractivity contribution in [2.24, 2.45) is 0 Å². The van der Waals surface area contributed by atoms with E-state index in [9.17, 15) is 34.8 Å². The Kier molecular flexibility index (Phi) is 17.7. The molecule has 1 aliphatic rings. The summed E-state index contributed by atoms with van der Waals surface area (Å²) in [5.41, 5.74) is 2.87. The molecule has 15 heteroatoms. The molecular formula is C36H51N3O12. The highest BCUT2D eigenvalue weighted by molar-refractivity contribution is 5.83. The first-order valence-electron chi connectivity index (χ1n) is 17.5. The topological polar surface area (TPSA) is 242 Å². The van der Waals surface area contributed by atoms with Crippen molar-refractivity contribution in [2.75, 3.05) is 6.61 Å². The molecule has 1 aromatic heterocycles. The molecular weight excluding hydrogens is 666 g/mol. The first kappa shape index (κ1) is 41.3. The quantitative estimate of drug-likeness (QED) is 0.0468. The van der Waals surface area contributed by atoms with Gasteiger partial charge in [-0.25, -0.2) is 9.48 Å². The largest absolute Gasteiger partial charge is 0.487 e. The summed E-state index contributed by atoms with van der Waals surface area (Å²) < 4.78 is 12.6. The molecule has 1 saturated heterocycles. The Hall–Kier alpha value is -4.15. The second kappa shape index (κ2) is 21.9. The normalized spacial score (nSPS) is 20.9. The van der Waals surface area contributed by atoms with Gasteiger partial charge in [-0.3, -0.25) is 9.59 Å². The average molecular weight is 718 g/mol. The minimum absolute atomic E-state index is 0.0570. The van der Waals surface area contributed by atoms with Gasteiger partial charge in [0.25, 0.3) is 0 Å². The summed E-state index contributed by atoms with van der Waals surface area (Å²) in [6.07, 6.45) is 10.6. The molecule has 1 fully saturated rings. The highest BCUT2D eigenvalue weighted by Crippen LogP contribution is 2.29. The van der Waals surface area contributed by atoms with Crippen LogP contribution in [0.2, 0.25) is 0 Å². The molecule has 0 amide bonds. The fourth-order valence-corrected chi connectivity index (χ4v) is 5.96. The van der Waals surface area contributed by atoms with Crippen LogP contribution in [0.5, 0.6) is 5.75 Å². The summed E-state index contributed by atoms with van der Waals surface area (Å²) in [5, 5.41) is 75.3. The number of rotatable bonds is 24. The number of aliphatic hydroxyl groups excluding tert-OH is 4. The maximum atomic E-state index is 10.9. The number of carboxylic acid groups (broad SMARTS) is 3. The molecule has 1 aliphatic heterocycles. The van der Waals surface area contributed by atoms with E-state index in [4.69, 9.17) is 24.8 Å². The van der Waals surface area contributed by atoms with Crippen LogP contribution in [-0.2, 0) is 38.6 Å². The van der Waals surface area contributed by atoms with Gasteiger partial charge in [0.15, 0.2) is 6.29 Å². The molecule has 7 N–H and O–H groups in total. The molecule has 1 aromatic carbocycles. The first-order valence-corrected chi connectivity index (χ1v) is 17.5. The lowest BCUT2D eigenvalue weighted by molar-refractivity contribution is -0.265. The number of ether oxygens (including phenoxy) is 2. The average Bonchev–Trinajstić information content (AvgIpc) is 3.54. The van der Waals surface area contributed by atoms with Crippen molar-refractivity contribution in [3.05, 3.63) is 65.0 Å². The Morgan fingerprint density at radius 2 is 1.59 bits per heavy atom. The van der Waals surface area contributed by atoms with Gasteiger partial charge < -0.3 is 45.2 Å². The van der Waals surface area contributed by atoms with Gasteiger partial charge in [-0.05, 0) is 67.7 Å². The molecule has 51 heavy (non-hydrogen) atoms. The number of carbonyl (C=O) groups is 3. The van der Waals surface area contributed by atoms with E-state index in [1.165, 1.54) is 16.4 Å². The van der Waals surface area contributed by atoms with Crippen LogP contribution in [-0.4, -0.2) is 99.9 Å². The zero-order valence-electron chi connectivity index (χ0n) is 28.8. The first-order chi connectivity index (χ1) is 24.5. The van der Waals surface area contributed by atoms with E-state index in [1.54, 1.807) is 6.08 Å². The van der Waals surface area contributed by atoms with Crippen LogP contribution in [0, 0.1) is 0 Å². The van der Waals surface area contributed by atoms with Crippen molar-refractivity contribution in [1.29, 1.82) is 0 Å². The third-order valence-electron chi connectivity index (χ3n) is 8.65. The number of hydrogen-bond donors (Lipinski definition) is 7. The zero-order chi connectivity index (χ0) is 37.2. The number of allylic oxidation sites excluding steroid dienone is 2. The fourth-order valence-electron chi connectivity index (χ4n) is 5.96. The number of aryl methyl sites for hydroxylation is 2. The van der Waals surface area contributed by atoms with Gasteiger partial charge in [-0.2, -0.15) is 0 Å². The van der Waals surface area contributed by atoms with Gasteiger partial charge in [0.2, 0.25) is 0 Å². The third kappa shape index (κ3) is 14.5. The Bertz CT molecular complexity index is 1460. The molecule has 0 bridgehead atoms. The second-order valence-corrected chi connectivity index (χ2v) is 12.8. The molecule has 0 spiro atoms. The summed E-state index contributed by atoms with van der Waals surface area (Å²) in [7, 11) is 0. The molecule has 282 valence electrons. The van der Waals surface area contributed by atoms with E-state index in [0.717, 1.165) is 82.3 Å². The molecule has 5 atom stereocenters. The van der Waals surface area contributed by atoms with Crippen LogP contribution in [0.1, 0.15) is 99.9 Å². The van der Waals surface area contributed by atoms with Crippen molar-refractivity contribution in [1.82, 2.24) is 15.0 Å². The maximum absolute atomic E-state index is 10.9. The van der Waals surface area contributed by atoms with Crippen molar-refractivity contribution >= 4 is 17.9 Å². The molecule has 0 radical (unpaired) electrons. The molecule has 0 aliphatic carbocycles. The van der Waals surface area contributed by atoms with E-state index in [1.807, 2.05) is 18.2 Å². The number of carboxylic acids is 3. The minimum atomic E-state index is -1.53. The number of hydrogen-bond acceptors (Lipinski definition) is 11. The Morgan fingerprint density at radius 3 is 2.29 bits per heavy atom. The van der Waals surface area contributed by atoms with Crippen LogP contribution in [0.25, 0.3) is 0 Å². The van der Waals surface area contributed by atoms with Gasteiger partial charge in [0.1, 0.15) is 42.4 Å². The fraction of sp³-hybridized carbons (Fsp3) is 0.583. The highest BCUT2D eigenvalue weighted by atomic mass is 16.6. The third-order valence-corrected chi connectivity index (χ3v) is 8.65. The second-order valence-electron chi connectivity index (χ2n) is 12.8. The lowest BCUT2D eigenvalue weighted by Gasteiger charge is -2.39. The Balaban J connectivity index is 1.55. The van der Waals surface area contributed by atoms with E-state index >= 15 is 0 Å². The number of aliphatic hydroxyl groups is 4. The van der Waals surface area contributed by atoms with Crippen molar-refractivity contribution in [2.45, 2.75) is 127 Å². The number of nitrogens with zero attached hydrogens (tertiary/aromatic N) is 3. The monoisotopic (exact) mass is 717 g/mol. The summed E-state index contributed by atoms with van der Waals surface area (Å²) in [6, 6.07) is 4.96. The standard InChI is InChI=1S/C36H51N3O12/c40-22-29-34(47)35(48)33(36(49)51-29)39-21-27(37-38-39)23-50-28-17-16-24(18-26(28)14-10-6-3-7-11-15-30(41)42)12-8-4-1-2-5-9-13-25(19-31(43)44)20-32(45)46/h9,13,16-19,21,29,33-36,40,47-49H,1-8,10-12,14-15,20,22-23H2,(H,41,42)(H,43,44)(H,45,46)/b13-9+,25-19-/t29-,33-,34-,35-,36-/m1/s1. The summed E-state index contributed by atoms with van der Waals surface area (Å²) in [4.78, 5) is 32.6. The van der Waals surface area contributed by atoms with Gasteiger partial charge in [0.05, 0.1) is 19.2 Å². The summed E-state index contributed by atoms with van der Waals surface area (Å²) in [5.74, 6) is -2.35. The number of unbranched alkanes of at least 4 members (excludes halogenated alkanes) is 8. The van der Waals surface area contributed by atoms with Gasteiger partial charge in [0, 0.05) is 12.5 Å². The van der Waals surface area contributed by atoms with E-state index in [0.29, 0.717) is 17.9 Å². The molecule has 15 nitrogen and oxygen atoms in total. The van der Waals surface area contributed by atoms with Crippen LogP contribution in [0.4, 0.5) is 0 Å². The maximum Gasteiger partial charge on any atom is 0.328 e. The highest BCUT2D eigenvalue weighted by Gasteiger charge is 2.45. The smallest absolute Gasteiger partial charge is 0.328 e. The SMILES string of the molecule is O=C(O)/C=C(/C=C/CCCCCCc1ccc(OCc2cn([C@@H]3[C@@H](O)[C@H](O)[C@@H](CO)O[C@H]3O)nn2)c(CCCCCCCC(=O)O)c1)CC(=O)O. The Morgan fingerprint density at radius 1 is 0.882 bits per heavy atom. The number of aliphatic carboxylic acids is 3. The lowest BCUT2D eigenvalue weighted by Crippen LogP contribution is -2.56. The van der Waals surface area contributed by atoms with Crippen LogP contribution in [0.3, 0.4) is 0 Å². The van der Waals surface area contributed by atoms with E-state index in [-0.39, 0.29) is 25.0 Å². The van der Waals surface area contributed by atoms with Crippen molar-refractivity contribution in [3.8, 4) is 5.75 Å². The van der Waals surface area contributed by atoms with Gasteiger partial charge in [-0.15, -0.1) is 5.10 Å². The predicted octanol–water partition coefficient (Wildman–Crippen LogP) is 3.33.